The maximum absolute atomic E-state index is 12.8. The van der Waals surface area contributed by atoms with Gasteiger partial charge in [0.25, 0.3) is 0 Å². The first kappa shape index (κ1) is 20.0. The molecule has 0 saturated heterocycles. The molecule has 28 heavy (non-hydrogen) atoms. The number of amides is 1. The Bertz CT molecular complexity index is 719. The van der Waals surface area contributed by atoms with Crippen LogP contribution in [0.4, 0.5) is 0 Å². The van der Waals surface area contributed by atoms with Gasteiger partial charge in [0, 0.05) is 18.4 Å². The number of hydrogen-bond donors (Lipinski definition) is 2. The maximum Gasteiger partial charge on any atom is 0.220 e. The highest BCUT2D eigenvalue weighted by Crippen LogP contribution is 2.66. The van der Waals surface area contributed by atoms with Crippen LogP contribution in [0.2, 0.25) is 0 Å². The molecule has 0 aromatic rings. The predicted octanol–water partition coefficient (Wildman–Crippen LogP) is 4.48. The van der Waals surface area contributed by atoms with Crippen molar-refractivity contribution in [1.29, 1.82) is 0 Å². The van der Waals surface area contributed by atoms with Gasteiger partial charge in [-0.25, -0.2) is 0 Å². The molecule has 0 aromatic heterocycles. The summed E-state index contributed by atoms with van der Waals surface area (Å²) in [7, 11) is 0. The highest BCUT2D eigenvalue weighted by atomic mass is 16.1. The molecule has 4 heteroatoms. The van der Waals surface area contributed by atoms with E-state index in [2.05, 4.69) is 33.0 Å². The molecule has 5 atom stereocenters. The SMILES string of the molecule is CC(C)(C)NC(=O)C[C@@]12CCC[C@H]1[C@@H]1CCC3=C(N)C(=O)CC[C@]3(C)[C@H]1CC2. The molecule has 0 spiro atoms. The summed E-state index contributed by atoms with van der Waals surface area (Å²) in [5.41, 5.74) is 8.26. The fourth-order valence-electron chi connectivity index (χ4n) is 7.64. The lowest BCUT2D eigenvalue weighted by Crippen LogP contribution is -2.52. The number of Topliss-reactive ketones (excluding diaryl/α,β-unsaturated/α-hetero) is 1. The van der Waals surface area contributed by atoms with Gasteiger partial charge >= 0.3 is 0 Å². The van der Waals surface area contributed by atoms with Crippen molar-refractivity contribution in [3.63, 3.8) is 0 Å². The van der Waals surface area contributed by atoms with Crippen LogP contribution in [0, 0.1) is 28.6 Å². The second kappa shape index (κ2) is 6.60. The third-order valence-corrected chi connectivity index (χ3v) is 8.72. The van der Waals surface area contributed by atoms with Crippen molar-refractivity contribution < 1.29 is 9.59 Å². The van der Waals surface area contributed by atoms with Crippen LogP contribution in [0.1, 0.15) is 91.9 Å². The summed E-state index contributed by atoms with van der Waals surface area (Å²) in [6.45, 7) is 8.58. The van der Waals surface area contributed by atoms with Gasteiger partial charge in [-0.1, -0.05) is 13.3 Å². The summed E-state index contributed by atoms with van der Waals surface area (Å²) in [5, 5.41) is 3.21. The zero-order valence-electron chi connectivity index (χ0n) is 18.2. The Morgan fingerprint density at radius 3 is 2.57 bits per heavy atom. The highest BCUT2D eigenvalue weighted by Gasteiger charge is 2.58. The molecule has 0 radical (unpaired) electrons. The summed E-state index contributed by atoms with van der Waals surface area (Å²) < 4.78 is 0. The third kappa shape index (κ3) is 3.11. The van der Waals surface area contributed by atoms with E-state index in [-0.39, 0.29) is 28.1 Å². The number of rotatable bonds is 2. The molecule has 0 aliphatic heterocycles. The lowest BCUT2D eigenvalue weighted by molar-refractivity contribution is -0.129. The Kier molecular flexibility index (Phi) is 4.71. The molecule has 0 bridgehead atoms. The van der Waals surface area contributed by atoms with Gasteiger partial charge in [0.2, 0.25) is 5.91 Å². The molecule has 4 rings (SSSR count). The number of nitrogens with one attached hydrogen (secondary N) is 1. The smallest absolute Gasteiger partial charge is 0.220 e. The number of carbonyl (C=O) groups excluding carboxylic acids is 2. The van der Waals surface area contributed by atoms with Crippen LogP contribution in [-0.2, 0) is 9.59 Å². The van der Waals surface area contributed by atoms with Crippen LogP contribution in [-0.4, -0.2) is 17.2 Å². The van der Waals surface area contributed by atoms with Crippen LogP contribution >= 0.6 is 0 Å². The van der Waals surface area contributed by atoms with Crippen LogP contribution in [0.3, 0.4) is 0 Å². The minimum Gasteiger partial charge on any atom is -0.396 e. The molecule has 0 heterocycles. The number of hydrogen-bond acceptors (Lipinski definition) is 3. The fraction of sp³-hybridized carbons (Fsp3) is 0.833. The van der Waals surface area contributed by atoms with Crippen molar-refractivity contribution in [2.24, 2.45) is 34.3 Å². The summed E-state index contributed by atoms with van der Waals surface area (Å²) in [6, 6.07) is 0. The summed E-state index contributed by atoms with van der Waals surface area (Å²) in [6.07, 6.45) is 10.5. The largest absolute Gasteiger partial charge is 0.396 e. The molecule has 3 saturated carbocycles. The van der Waals surface area contributed by atoms with E-state index in [1.54, 1.807) is 0 Å². The molecule has 156 valence electrons. The van der Waals surface area contributed by atoms with Crippen molar-refractivity contribution in [2.75, 3.05) is 0 Å². The minimum atomic E-state index is -0.163. The molecule has 0 unspecified atom stereocenters. The average molecular weight is 387 g/mol. The van der Waals surface area contributed by atoms with E-state index in [0.29, 0.717) is 36.3 Å². The molecule has 1 amide bonds. The molecule has 4 aliphatic rings. The Hall–Kier alpha value is -1.32. The normalized spacial score (nSPS) is 40.6. The summed E-state index contributed by atoms with van der Waals surface area (Å²) >= 11 is 0. The predicted molar refractivity (Wildman–Crippen MR) is 111 cm³/mol. The molecule has 4 nitrogen and oxygen atoms in total. The first-order valence-corrected chi connectivity index (χ1v) is 11.4. The van der Waals surface area contributed by atoms with Crippen molar-refractivity contribution in [3.05, 3.63) is 11.3 Å². The first-order chi connectivity index (χ1) is 13.1. The van der Waals surface area contributed by atoms with Gasteiger partial charge < -0.3 is 11.1 Å². The Morgan fingerprint density at radius 2 is 1.86 bits per heavy atom. The van der Waals surface area contributed by atoms with Crippen LogP contribution in [0.15, 0.2) is 11.3 Å². The molecule has 4 aliphatic carbocycles. The average Bonchev–Trinajstić information content (AvgIpc) is 3.00. The van der Waals surface area contributed by atoms with Gasteiger partial charge in [0.05, 0.1) is 5.70 Å². The van der Waals surface area contributed by atoms with Crippen molar-refractivity contribution >= 4 is 11.7 Å². The van der Waals surface area contributed by atoms with E-state index in [1.807, 2.05) is 0 Å². The van der Waals surface area contributed by atoms with E-state index >= 15 is 0 Å². The van der Waals surface area contributed by atoms with Crippen LogP contribution in [0.25, 0.3) is 0 Å². The van der Waals surface area contributed by atoms with E-state index in [0.717, 1.165) is 25.7 Å². The van der Waals surface area contributed by atoms with Crippen LogP contribution < -0.4 is 11.1 Å². The van der Waals surface area contributed by atoms with Crippen molar-refractivity contribution in [2.45, 2.75) is 97.4 Å². The maximum atomic E-state index is 12.8. The Morgan fingerprint density at radius 1 is 1.11 bits per heavy atom. The molecule has 0 aromatic carbocycles. The van der Waals surface area contributed by atoms with Crippen LogP contribution in [0.5, 0.6) is 0 Å². The van der Waals surface area contributed by atoms with Gasteiger partial charge in [-0.05, 0) is 99.9 Å². The minimum absolute atomic E-state index is 0.101. The number of fused-ring (bicyclic) bond motifs is 5. The number of nitrogens with two attached hydrogens (primary N) is 1. The van der Waals surface area contributed by atoms with Gasteiger partial charge in [0.1, 0.15) is 0 Å². The van der Waals surface area contributed by atoms with Crippen molar-refractivity contribution in [1.82, 2.24) is 5.32 Å². The van der Waals surface area contributed by atoms with E-state index in [4.69, 9.17) is 5.73 Å². The van der Waals surface area contributed by atoms with E-state index in [1.165, 1.54) is 31.3 Å². The van der Waals surface area contributed by atoms with E-state index in [9.17, 15) is 9.59 Å². The molecule has 3 N–H and O–H groups in total. The second-order valence-corrected chi connectivity index (χ2v) is 11.4. The fourth-order valence-corrected chi connectivity index (χ4v) is 7.64. The lowest BCUT2D eigenvalue weighted by Gasteiger charge is -2.58. The molecule has 3 fully saturated rings. The van der Waals surface area contributed by atoms with Gasteiger partial charge in [-0.15, -0.1) is 0 Å². The van der Waals surface area contributed by atoms with Gasteiger partial charge in [-0.2, -0.15) is 0 Å². The Balaban J connectivity index is 1.59. The van der Waals surface area contributed by atoms with E-state index < -0.39 is 0 Å². The molecular weight excluding hydrogens is 348 g/mol. The zero-order chi connectivity index (χ0) is 20.3. The quantitative estimate of drug-likeness (QED) is 0.735. The highest BCUT2D eigenvalue weighted by molar-refractivity contribution is 5.96. The summed E-state index contributed by atoms with van der Waals surface area (Å²) in [5.74, 6) is 2.37. The lowest BCUT2D eigenvalue weighted by atomic mass is 9.46. The monoisotopic (exact) mass is 386 g/mol. The van der Waals surface area contributed by atoms with Gasteiger partial charge in [-0.3, -0.25) is 9.59 Å². The van der Waals surface area contributed by atoms with Crippen molar-refractivity contribution in [3.8, 4) is 0 Å². The third-order valence-electron chi connectivity index (χ3n) is 8.72. The summed E-state index contributed by atoms with van der Waals surface area (Å²) in [4.78, 5) is 25.0. The number of carbonyl (C=O) groups is 2. The van der Waals surface area contributed by atoms with Gasteiger partial charge in [0.15, 0.2) is 5.78 Å². The number of allylic oxidation sites excluding steroid dienone is 1. The zero-order valence-corrected chi connectivity index (χ0v) is 18.2. The standard InChI is InChI=1S/C24H38N2O2/c1-22(2,3)26-20(28)14-24-11-5-6-17(24)15-7-8-18-21(25)19(27)10-12-23(18,4)16(15)9-13-24/h15-17H,5-14,25H2,1-4H3,(H,26,28)/t15-,16+,17+,23-,24+/m1/s1. The first-order valence-electron chi connectivity index (χ1n) is 11.4. The second-order valence-electron chi connectivity index (χ2n) is 11.4. The number of ketones is 1. The molecular formula is C24H38N2O2. The topological polar surface area (TPSA) is 72.2 Å². The Labute approximate surface area is 170 Å².